The first-order chi connectivity index (χ1) is 9.33. The van der Waals surface area contributed by atoms with Crippen LogP contribution in [-0.2, 0) is 16.1 Å². The third-order valence-electron chi connectivity index (χ3n) is 2.88. The highest BCUT2D eigenvalue weighted by atomic mass is 16.5. The first-order valence-corrected chi connectivity index (χ1v) is 6.56. The third kappa shape index (κ3) is 4.91. The van der Waals surface area contributed by atoms with Crippen LogP contribution in [0.3, 0.4) is 0 Å². The Hall–Kier alpha value is -2.04. The van der Waals surface area contributed by atoms with Gasteiger partial charge in [-0.15, -0.1) is 0 Å². The minimum absolute atomic E-state index is 0.115. The van der Waals surface area contributed by atoms with Crippen molar-refractivity contribution in [2.45, 2.75) is 39.3 Å². The average Bonchev–Trinajstić information content (AvgIpc) is 2.36. The minimum atomic E-state index is -1.32. The molecular formula is C15H21NO4. The smallest absolute Gasteiger partial charge is 0.408 e. The largest absolute Gasteiger partial charge is 0.480 e. The van der Waals surface area contributed by atoms with Gasteiger partial charge in [-0.05, 0) is 24.8 Å². The van der Waals surface area contributed by atoms with Gasteiger partial charge in [-0.1, -0.05) is 44.2 Å². The van der Waals surface area contributed by atoms with Gasteiger partial charge in [-0.2, -0.15) is 0 Å². The molecule has 0 saturated carbocycles. The van der Waals surface area contributed by atoms with Crippen molar-refractivity contribution >= 4 is 12.1 Å². The van der Waals surface area contributed by atoms with Gasteiger partial charge in [0.15, 0.2) is 0 Å². The lowest BCUT2D eigenvalue weighted by molar-refractivity contribution is -0.144. The van der Waals surface area contributed by atoms with Crippen molar-refractivity contribution in [1.29, 1.82) is 0 Å². The fraction of sp³-hybridized carbons (Fsp3) is 0.467. The third-order valence-corrected chi connectivity index (χ3v) is 2.88. The standard InChI is InChI=1S/C15H21NO4/c1-11(2)9-15(3,13(17)18)16-14(19)20-10-12-7-5-4-6-8-12/h4-8,11H,9-10H2,1-3H3,(H,16,19)(H,17,18). The molecule has 0 bridgehead atoms. The first-order valence-electron chi connectivity index (χ1n) is 6.56. The highest BCUT2D eigenvalue weighted by Gasteiger charge is 2.36. The molecule has 1 aromatic rings. The number of benzene rings is 1. The number of amides is 1. The molecule has 5 nitrogen and oxygen atoms in total. The Bertz CT molecular complexity index is 458. The summed E-state index contributed by atoms with van der Waals surface area (Å²) < 4.78 is 5.04. The lowest BCUT2D eigenvalue weighted by Crippen LogP contribution is -2.53. The number of ether oxygens (including phenoxy) is 1. The fourth-order valence-corrected chi connectivity index (χ4v) is 1.99. The van der Waals surface area contributed by atoms with Gasteiger partial charge < -0.3 is 15.2 Å². The van der Waals surface area contributed by atoms with Crippen LogP contribution in [0.5, 0.6) is 0 Å². The van der Waals surface area contributed by atoms with Gasteiger partial charge in [-0.25, -0.2) is 9.59 Å². The second kappa shape index (κ2) is 6.93. The van der Waals surface area contributed by atoms with Crippen LogP contribution < -0.4 is 5.32 Å². The van der Waals surface area contributed by atoms with E-state index in [4.69, 9.17) is 4.74 Å². The molecule has 0 aliphatic rings. The number of alkyl carbamates (subject to hydrolysis) is 1. The Balaban J connectivity index is 2.56. The number of carboxylic acid groups (broad SMARTS) is 1. The van der Waals surface area contributed by atoms with E-state index in [1.165, 1.54) is 6.92 Å². The molecule has 0 aliphatic carbocycles. The van der Waals surface area contributed by atoms with Crippen LogP contribution >= 0.6 is 0 Å². The molecule has 1 unspecified atom stereocenters. The van der Waals surface area contributed by atoms with Crippen LogP contribution in [0.4, 0.5) is 4.79 Å². The van der Waals surface area contributed by atoms with Crippen LogP contribution in [0.25, 0.3) is 0 Å². The van der Waals surface area contributed by atoms with Gasteiger partial charge in [0.1, 0.15) is 12.1 Å². The zero-order chi connectivity index (χ0) is 15.2. The lowest BCUT2D eigenvalue weighted by atomic mass is 9.91. The molecule has 1 aromatic carbocycles. The summed E-state index contributed by atoms with van der Waals surface area (Å²) in [5.41, 5.74) is -0.467. The van der Waals surface area contributed by atoms with E-state index in [9.17, 15) is 14.7 Å². The zero-order valence-electron chi connectivity index (χ0n) is 12.1. The molecule has 2 N–H and O–H groups in total. The SMILES string of the molecule is CC(C)CC(C)(NC(=O)OCc1ccccc1)C(=O)O. The highest BCUT2D eigenvalue weighted by Crippen LogP contribution is 2.17. The van der Waals surface area contributed by atoms with E-state index in [0.29, 0.717) is 6.42 Å². The molecule has 0 radical (unpaired) electrons. The van der Waals surface area contributed by atoms with E-state index < -0.39 is 17.6 Å². The summed E-state index contributed by atoms with van der Waals surface area (Å²) >= 11 is 0. The number of nitrogens with one attached hydrogen (secondary N) is 1. The van der Waals surface area contributed by atoms with Crippen molar-refractivity contribution in [2.24, 2.45) is 5.92 Å². The highest BCUT2D eigenvalue weighted by molar-refractivity contribution is 5.83. The van der Waals surface area contributed by atoms with E-state index in [-0.39, 0.29) is 12.5 Å². The molecular weight excluding hydrogens is 258 g/mol. The fourth-order valence-electron chi connectivity index (χ4n) is 1.99. The molecule has 0 aliphatic heterocycles. The topological polar surface area (TPSA) is 75.6 Å². The molecule has 110 valence electrons. The van der Waals surface area contributed by atoms with Crippen molar-refractivity contribution in [3.05, 3.63) is 35.9 Å². The molecule has 0 heterocycles. The van der Waals surface area contributed by atoms with E-state index >= 15 is 0 Å². The summed E-state index contributed by atoms with van der Waals surface area (Å²) in [4.78, 5) is 23.0. The minimum Gasteiger partial charge on any atom is -0.480 e. The van der Waals surface area contributed by atoms with Gasteiger partial charge in [0.05, 0.1) is 0 Å². The van der Waals surface area contributed by atoms with E-state index in [1.54, 1.807) is 0 Å². The summed E-state index contributed by atoms with van der Waals surface area (Å²) in [7, 11) is 0. The zero-order valence-corrected chi connectivity index (χ0v) is 12.1. The van der Waals surface area contributed by atoms with E-state index in [0.717, 1.165) is 5.56 Å². The van der Waals surface area contributed by atoms with Crippen molar-refractivity contribution < 1.29 is 19.4 Å². The summed E-state index contributed by atoms with van der Waals surface area (Å²) in [5.74, 6) is -0.923. The molecule has 0 fully saturated rings. The number of rotatable bonds is 6. The molecule has 1 amide bonds. The van der Waals surface area contributed by atoms with Gasteiger partial charge in [0, 0.05) is 0 Å². The second-order valence-electron chi connectivity index (χ2n) is 5.42. The summed E-state index contributed by atoms with van der Waals surface area (Å²) in [6.45, 7) is 5.40. The maximum Gasteiger partial charge on any atom is 0.408 e. The molecule has 20 heavy (non-hydrogen) atoms. The van der Waals surface area contributed by atoms with E-state index in [2.05, 4.69) is 5.32 Å². The van der Waals surface area contributed by atoms with Crippen molar-refractivity contribution in [3.8, 4) is 0 Å². The number of carboxylic acids is 1. The number of aliphatic carboxylic acids is 1. The Morgan fingerprint density at radius 2 is 1.90 bits per heavy atom. The van der Waals surface area contributed by atoms with Crippen LogP contribution in [-0.4, -0.2) is 22.7 Å². The normalized spacial score (nSPS) is 13.6. The van der Waals surface area contributed by atoms with Gasteiger partial charge >= 0.3 is 12.1 Å². The maximum absolute atomic E-state index is 11.7. The molecule has 0 saturated heterocycles. The number of hydrogen-bond donors (Lipinski definition) is 2. The lowest BCUT2D eigenvalue weighted by Gasteiger charge is -2.27. The molecule has 0 aromatic heterocycles. The molecule has 0 spiro atoms. The van der Waals surface area contributed by atoms with Crippen LogP contribution in [0.2, 0.25) is 0 Å². The quantitative estimate of drug-likeness (QED) is 0.839. The predicted octanol–water partition coefficient (Wildman–Crippen LogP) is 2.80. The Kier molecular flexibility index (Phi) is 5.55. The maximum atomic E-state index is 11.7. The first kappa shape index (κ1) is 16.0. The summed E-state index contributed by atoms with van der Waals surface area (Å²) in [6, 6.07) is 9.22. The molecule has 1 atom stereocenters. The van der Waals surface area contributed by atoms with Gasteiger partial charge in [0.25, 0.3) is 0 Å². The number of carbonyl (C=O) groups excluding carboxylic acids is 1. The van der Waals surface area contributed by atoms with Crippen molar-refractivity contribution in [2.75, 3.05) is 0 Å². The number of hydrogen-bond acceptors (Lipinski definition) is 3. The average molecular weight is 279 g/mol. The van der Waals surface area contributed by atoms with Gasteiger partial charge in [0.2, 0.25) is 0 Å². The van der Waals surface area contributed by atoms with Crippen LogP contribution in [0.1, 0.15) is 32.8 Å². The number of carbonyl (C=O) groups is 2. The van der Waals surface area contributed by atoms with E-state index in [1.807, 2.05) is 44.2 Å². The van der Waals surface area contributed by atoms with Crippen LogP contribution in [0, 0.1) is 5.92 Å². The van der Waals surface area contributed by atoms with Crippen molar-refractivity contribution in [3.63, 3.8) is 0 Å². The Morgan fingerprint density at radius 1 is 1.30 bits per heavy atom. The predicted molar refractivity (Wildman–Crippen MR) is 75.3 cm³/mol. The van der Waals surface area contributed by atoms with Crippen LogP contribution in [0.15, 0.2) is 30.3 Å². The van der Waals surface area contributed by atoms with Crippen molar-refractivity contribution in [1.82, 2.24) is 5.32 Å². The van der Waals surface area contributed by atoms with Gasteiger partial charge in [-0.3, -0.25) is 0 Å². The molecule has 1 rings (SSSR count). The summed E-state index contributed by atoms with van der Waals surface area (Å²) in [6.07, 6.45) is -0.387. The Morgan fingerprint density at radius 3 is 2.40 bits per heavy atom. The second-order valence-corrected chi connectivity index (χ2v) is 5.42. The molecule has 5 heteroatoms. The Labute approximate surface area is 118 Å². The summed E-state index contributed by atoms with van der Waals surface area (Å²) in [5, 5.41) is 11.7. The monoisotopic (exact) mass is 279 g/mol.